The minimum absolute atomic E-state index is 0.00773. The van der Waals surface area contributed by atoms with Crippen molar-refractivity contribution in [2.75, 3.05) is 0 Å². The smallest absolute Gasteiger partial charge is 0.0195 e. The minimum Gasteiger partial charge on any atom is -0.325 e. The fourth-order valence-electron chi connectivity index (χ4n) is 2.15. The molecule has 1 aromatic rings. The summed E-state index contributed by atoms with van der Waals surface area (Å²) in [6, 6.07) is 8.68. The van der Waals surface area contributed by atoms with Crippen molar-refractivity contribution in [2.45, 2.75) is 38.6 Å². The molecule has 0 saturated heterocycles. The highest BCUT2D eigenvalue weighted by molar-refractivity contribution is 5.24. The third-order valence-corrected chi connectivity index (χ3v) is 3.18. The Morgan fingerprint density at radius 2 is 2.14 bits per heavy atom. The van der Waals surface area contributed by atoms with E-state index in [9.17, 15) is 0 Å². The second-order valence-electron chi connectivity index (χ2n) is 4.95. The number of hydrogen-bond donors (Lipinski definition) is 1. The van der Waals surface area contributed by atoms with Crippen molar-refractivity contribution in [3.05, 3.63) is 35.4 Å². The Labute approximate surface area is 86.3 Å². The zero-order chi connectivity index (χ0) is 10.2. The first-order valence-electron chi connectivity index (χ1n) is 5.42. The van der Waals surface area contributed by atoms with E-state index in [0.29, 0.717) is 0 Å². The minimum atomic E-state index is 0.00773. The van der Waals surface area contributed by atoms with Gasteiger partial charge in [0.05, 0.1) is 0 Å². The van der Waals surface area contributed by atoms with Crippen LogP contribution in [0, 0.1) is 12.8 Å². The van der Waals surface area contributed by atoms with Gasteiger partial charge in [-0.3, -0.25) is 0 Å². The van der Waals surface area contributed by atoms with Gasteiger partial charge in [-0.25, -0.2) is 0 Å². The van der Waals surface area contributed by atoms with E-state index >= 15 is 0 Å². The molecule has 76 valence electrons. The first-order chi connectivity index (χ1) is 6.58. The van der Waals surface area contributed by atoms with E-state index in [1.807, 2.05) is 0 Å². The average molecular weight is 189 g/mol. The van der Waals surface area contributed by atoms with Crippen LogP contribution in [0.25, 0.3) is 0 Å². The van der Waals surface area contributed by atoms with E-state index in [-0.39, 0.29) is 5.54 Å². The second-order valence-corrected chi connectivity index (χ2v) is 4.95. The molecule has 2 N–H and O–H groups in total. The van der Waals surface area contributed by atoms with Gasteiger partial charge in [-0.15, -0.1) is 0 Å². The summed E-state index contributed by atoms with van der Waals surface area (Å²) in [4.78, 5) is 0. The number of benzene rings is 1. The van der Waals surface area contributed by atoms with Gasteiger partial charge >= 0.3 is 0 Å². The number of hydrogen-bond acceptors (Lipinski definition) is 1. The molecule has 0 heterocycles. The molecule has 1 unspecified atom stereocenters. The van der Waals surface area contributed by atoms with Crippen LogP contribution < -0.4 is 5.73 Å². The van der Waals surface area contributed by atoms with E-state index in [1.54, 1.807) is 0 Å². The van der Waals surface area contributed by atoms with E-state index in [4.69, 9.17) is 5.73 Å². The molecule has 0 bridgehead atoms. The summed E-state index contributed by atoms with van der Waals surface area (Å²) in [5, 5.41) is 0. The molecule has 0 aromatic heterocycles. The van der Waals surface area contributed by atoms with E-state index in [2.05, 4.69) is 38.1 Å². The maximum absolute atomic E-state index is 6.30. The first kappa shape index (κ1) is 9.72. The van der Waals surface area contributed by atoms with Crippen molar-refractivity contribution in [3.8, 4) is 0 Å². The maximum Gasteiger partial charge on any atom is 0.0195 e. The van der Waals surface area contributed by atoms with Crippen LogP contribution in [-0.2, 0) is 6.42 Å². The van der Waals surface area contributed by atoms with Gasteiger partial charge in [0, 0.05) is 5.54 Å². The summed E-state index contributed by atoms with van der Waals surface area (Å²) in [5.74, 6) is 0.753. The number of nitrogens with two attached hydrogens (primary N) is 1. The standard InChI is InChI=1S/C13H19N/c1-10-4-3-5-11(8-10)9-13(2,14)12-6-7-12/h3-5,8,12H,6-7,9,14H2,1-2H3. The zero-order valence-electron chi connectivity index (χ0n) is 9.09. The third kappa shape index (κ3) is 2.16. The van der Waals surface area contributed by atoms with Crippen LogP contribution in [0.2, 0.25) is 0 Å². The lowest BCUT2D eigenvalue weighted by Gasteiger charge is -2.24. The molecular weight excluding hydrogens is 170 g/mol. The monoisotopic (exact) mass is 189 g/mol. The fraction of sp³-hybridized carbons (Fsp3) is 0.538. The van der Waals surface area contributed by atoms with Crippen LogP contribution in [0.15, 0.2) is 24.3 Å². The van der Waals surface area contributed by atoms with Gasteiger partial charge in [0.25, 0.3) is 0 Å². The van der Waals surface area contributed by atoms with Crippen molar-refractivity contribution in [1.29, 1.82) is 0 Å². The van der Waals surface area contributed by atoms with Crippen molar-refractivity contribution >= 4 is 0 Å². The van der Waals surface area contributed by atoms with Gasteiger partial charge in [-0.1, -0.05) is 29.8 Å². The molecule has 1 saturated carbocycles. The summed E-state index contributed by atoms with van der Waals surface area (Å²) in [6.45, 7) is 4.32. The van der Waals surface area contributed by atoms with Crippen LogP contribution in [0.3, 0.4) is 0 Å². The molecule has 0 aliphatic heterocycles. The summed E-state index contributed by atoms with van der Waals surface area (Å²) >= 11 is 0. The SMILES string of the molecule is Cc1cccc(CC(C)(N)C2CC2)c1. The van der Waals surface area contributed by atoms with Crippen molar-refractivity contribution in [2.24, 2.45) is 11.7 Å². The lowest BCUT2D eigenvalue weighted by atomic mass is 9.89. The van der Waals surface area contributed by atoms with E-state index in [1.165, 1.54) is 24.0 Å². The van der Waals surface area contributed by atoms with Crippen molar-refractivity contribution < 1.29 is 0 Å². The number of aryl methyl sites for hydroxylation is 1. The fourth-order valence-corrected chi connectivity index (χ4v) is 2.15. The Morgan fingerprint density at radius 1 is 1.43 bits per heavy atom. The van der Waals surface area contributed by atoms with Crippen LogP contribution in [0.4, 0.5) is 0 Å². The maximum atomic E-state index is 6.30. The first-order valence-corrected chi connectivity index (χ1v) is 5.42. The largest absolute Gasteiger partial charge is 0.325 e. The summed E-state index contributed by atoms with van der Waals surface area (Å²) < 4.78 is 0. The molecule has 1 atom stereocenters. The van der Waals surface area contributed by atoms with Gasteiger partial charge in [-0.05, 0) is 44.6 Å². The van der Waals surface area contributed by atoms with Gasteiger partial charge in [-0.2, -0.15) is 0 Å². The summed E-state index contributed by atoms with van der Waals surface area (Å²) in [6.07, 6.45) is 3.65. The molecular formula is C13H19N. The number of rotatable bonds is 3. The van der Waals surface area contributed by atoms with Gasteiger partial charge in [0.2, 0.25) is 0 Å². The second kappa shape index (κ2) is 3.39. The highest BCUT2D eigenvalue weighted by Crippen LogP contribution is 2.39. The Kier molecular flexibility index (Phi) is 2.36. The van der Waals surface area contributed by atoms with Crippen molar-refractivity contribution in [1.82, 2.24) is 0 Å². The molecule has 1 fully saturated rings. The summed E-state index contributed by atoms with van der Waals surface area (Å²) in [5.41, 5.74) is 9.02. The lowest BCUT2D eigenvalue weighted by Crippen LogP contribution is -2.40. The molecule has 2 rings (SSSR count). The van der Waals surface area contributed by atoms with Gasteiger partial charge in [0.15, 0.2) is 0 Å². The normalized spacial score (nSPS) is 20.5. The molecule has 1 aliphatic rings. The van der Waals surface area contributed by atoms with Crippen molar-refractivity contribution in [3.63, 3.8) is 0 Å². The average Bonchev–Trinajstić information content (AvgIpc) is 2.84. The predicted molar refractivity (Wildman–Crippen MR) is 60.2 cm³/mol. The van der Waals surface area contributed by atoms with Crippen LogP contribution >= 0.6 is 0 Å². The topological polar surface area (TPSA) is 26.0 Å². The van der Waals surface area contributed by atoms with Gasteiger partial charge < -0.3 is 5.73 Å². The molecule has 1 aliphatic carbocycles. The molecule has 1 heteroatoms. The highest BCUT2D eigenvalue weighted by atomic mass is 14.8. The predicted octanol–water partition coefficient (Wildman–Crippen LogP) is 2.66. The zero-order valence-corrected chi connectivity index (χ0v) is 9.09. The van der Waals surface area contributed by atoms with Crippen LogP contribution in [-0.4, -0.2) is 5.54 Å². The third-order valence-electron chi connectivity index (χ3n) is 3.18. The Bertz CT molecular complexity index is 324. The van der Waals surface area contributed by atoms with Crippen LogP contribution in [0.5, 0.6) is 0 Å². The molecule has 1 aromatic carbocycles. The molecule has 0 radical (unpaired) electrons. The summed E-state index contributed by atoms with van der Waals surface area (Å²) in [7, 11) is 0. The van der Waals surface area contributed by atoms with Crippen LogP contribution in [0.1, 0.15) is 30.9 Å². The Morgan fingerprint density at radius 3 is 2.71 bits per heavy atom. The lowest BCUT2D eigenvalue weighted by molar-refractivity contribution is 0.406. The van der Waals surface area contributed by atoms with Gasteiger partial charge in [0.1, 0.15) is 0 Å². The molecule has 14 heavy (non-hydrogen) atoms. The Hall–Kier alpha value is -0.820. The van der Waals surface area contributed by atoms with E-state index in [0.717, 1.165) is 12.3 Å². The molecule has 0 amide bonds. The highest BCUT2D eigenvalue weighted by Gasteiger charge is 2.38. The quantitative estimate of drug-likeness (QED) is 0.777. The van der Waals surface area contributed by atoms with E-state index < -0.39 is 0 Å². The molecule has 1 nitrogen and oxygen atoms in total. The Balaban J connectivity index is 2.09. The molecule has 0 spiro atoms.